The summed E-state index contributed by atoms with van der Waals surface area (Å²) in [6, 6.07) is 9.47. The number of rotatable bonds is 3. The fourth-order valence-corrected chi connectivity index (χ4v) is 3.72. The maximum Gasteiger partial charge on any atom is 0.0526 e. The lowest BCUT2D eigenvalue weighted by Gasteiger charge is -2.40. The van der Waals surface area contributed by atoms with Crippen LogP contribution in [0.3, 0.4) is 0 Å². The zero-order valence-corrected chi connectivity index (χ0v) is 12.6. The van der Waals surface area contributed by atoms with Crippen LogP contribution in [0.1, 0.15) is 18.9 Å². The fourth-order valence-electron chi connectivity index (χ4n) is 3.72. The average Bonchev–Trinajstić information content (AvgIpc) is 2.47. The molecule has 3 heteroatoms. The standard InChI is InChI=1S/C17H26N2O/c1-13-9-14-5-3-4-6-17(14)19(10-13)11-15-12-20-8-7-16(15)18-2/h3-6,13,15-16,18H,7-12H2,1-2H3. The van der Waals surface area contributed by atoms with Crippen molar-refractivity contribution in [3.8, 4) is 0 Å². The molecule has 20 heavy (non-hydrogen) atoms. The van der Waals surface area contributed by atoms with Gasteiger partial charge in [0.05, 0.1) is 6.61 Å². The van der Waals surface area contributed by atoms with E-state index in [9.17, 15) is 0 Å². The quantitative estimate of drug-likeness (QED) is 0.915. The Bertz CT molecular complexity index is 448. The second-order valence-electron chi connectivity index (χ2n) is 6.36. The van der Waals surface area contributed by atoms with Crippen molar-refractivity contribution in [3.63, 3.8) is 0 Å². The van der Waals surface area contributed by atoms with Crippen LogP contribution < -0.4 is 10.2 Å². The molecule has 1 aromatic rings. The molecule has 1 saturated heterocycles. The van der Waals surface area contributed by atoms with Crippen molar-refractivity contribution in [2.45, 2.75) is 25.8 Å². The van der Waals surface area contributed by atoms with Crippen LogP contribution >= 0.6 is 0 Å². The third kappa shape index (κ3) is 2.84. The van der Waals surface area contributed by atoms with E-state index >= 15 is 0 Å². The Kier molecular flexibility index (Phi) is 4.27. The number of nitrogens with one attached hydrogen (secondary N) is 1. The van der Waals surface area contributed by atoms with E-state index in [1.54, 1.807) is 0 Å². The summed E-state index contributed by atoms with van der Waals surface area (Å²) in [5.41, 5.74) is 2.94. The van der Waals surface area contributed by atoms with Gasteiger partial charge in [-0.2, -0.15) is 0 Å². The summed E-state index contributed by atoms with van der Waals surface area (Å²) in [6.07, 6.45) is 2.34. The third-order valence-corrected chi connectivity index (χ3v) is 4.73. The molecule has 3 rings (SSSR count). The van der Waals surface area contributed by atoms with E-state index in [-0.39, 0.29) is 0 Å². The molecule has 0 radical (unpaired) electrons. The Balaban J connectivity index is 1.76. The van der Waals surface area contributed by atoms with Crippen molar-refractivity contribution < 1.29 is 4.74 Å². The summed E-state index contributed by atoms with van der Waals surface area (Å²) in [6.45, 7) is 6.42. The van der Waals surface area contributed by atoms with Crippen molar-refractivity contribution in [2.75, 3.05) is 38.3 Å². The van der Waals surface area contributed by atoms with Crippen molar-refractivity contribution in [1.82, 2.24) is 5.32 Å². The summed E-state index contributed by atoms with van der Waals surface area (Å²) >= 11 is 0. The van der Waals surface area contributed by atoms with Gasteiger partial charge in [0.1, 0.15) is 0 Å². The van der Waals surface area contributed by atoms with Gasteiger partial charge in [-0.05, 0) is 37.4 Å². The van der Waals surface area contributed by atoms with Gasteiger partial charge in [-0.25, -0.2) is 0 Å². The first kappa shape index (κ1) is 13.9. The number of hydrogen-bond acceptors (Lipinski definition) is 3. The Morgan fingerprint density at radius 3 is 3.05 bits per heavy atom. The van der Waals surface area contributed by atoms with E-state index in [0.29, 0.717) is 12.0 Å². The smallest absolute Gasteiger partial charge is 0.0526 e. The number of nitrogens with zero attached hydrogens (tertiary/aromatic N) is 1. The minimum absolute atomic E-state index is 0.590. The Morgan fingerprint density at radius 1 is 1.35 bits per heavy atom. The topological polar surface area (TPSA) is 24.5 Å². The third-order valence-electron chi connectivity index (χ3n) is 4.73. The lowest BCUT2D eigenvalue weighted by Crippen LogP contribution is -2.48. The first-order valence-corrected chi connectivity index (χ1v) is 7.85. The number of hydrogen-bond donors (Lipinski definition) is 1. The highest BCUT2D eigenvalue weighted by Gasteiger charge is 2.29. The van der Waals surface area contributed by atoms with Crippen LogP contribution in [0.2, 0.25) is 0 Å². The lowest BCUT2D eigenvalue weighted by atomic mass is 9.90. The molecule has 1 aromatic carbocycles. The molecular weight excluding hydrogens is 248 g/mol. The zero-order chi connectivity index (χ0) is 13.9. The SMILES string of the molecule is CNC1CCOCC1CN1CC(C)Cc2ccccc21. The number of fused-ring (bicyclic) bond motifs is 1. The molecular formula is C17H26N2O. The molecule has 2 aliphatic heterocycles. The van der Waals surface area contributed by atoms with Crippen molar-refractivity contribution in [3.05, 3.63) is 29.8 Å². The van der Waals surface area contributed by atoms with Gasteiger partial charge in [0.2, 0.25) is 0 Å². The summed E-state index contributed by atoms with van der Waals surface area (Å²) < 4.78 is 5.70. The minimum Gasteiger partial charge on any atom is -0.381 e. The van der Waals surface area contributed by atoms with E-state index in [4.69, 9.17) is 4.74 Å². The summed E-state index contributed by atoms with van der Waals surface area (Å²) in [7, 11) is 2.08. The normalized spacial score (nSPS) is 30.1. The highest BCUT2D eigenvalue weighted by molar-refractivity contribution is 5.55. The molecule has 0 saturated carbocycles. The number of benzene rings is 1. The largest absolute Gasteiger partial charge is 0.381 e. The van der Waals surface area contributed by atoms with Crippen LogP contribution in [0.5, 0.6) is 0 Å². The van der Waals surface area contributed by atoms with Crippen molar-refractivity contribution in [2.24, 2.45) is 11.8 Å². The molecule has 3 atom stereocenters. The predicted octanol–water partition coefficient (Wildman–Crippen LogP) is 2.31. The summed E-state index contributed by atoms with van der Waals surface area (Å²) in [5.74, 6) is 1.33. The van der Waals surface area contributed by atoms with E-state index in [0.717, 1.165) is 32.1 Å². The van der Waals surface area contributed by atoms with Gasteiger partial charge in [0.25, 0.3) is 0 Å². The van der Waals surface area contributed by atoms with Crippen LogP contribution in [-0.2, 0) is 11.2 Å². The first-order chi connectivity index (χ1) is 9.78. The monoisotopic (exact) mass is 274 g/mol. The van der Waals surface area contributed by atoms with Gasteiger partial charge in [-0.15, -0.1) is 0 Å². The van der Waals surface area contributed by atoms with Crippen molar-refractivity contribution >= 4 is 5.69 Å². The maximum atomic E-state index is 5.70. The molecule has 0 amide bonds. The molecule has 3 unspecified atom stereocenters. The highest BCUT2D eigenvalue weighted by Crippen LogP contribution is 2.31. The van der Waals surface area contributed by atoms with E-state index < -0.39 is 0 Å². The molecule has 2 aliphatic rings. The van der Waals surface area contributed by atoms with Crippen LogP contribution in [0.25, 0.3) is 0 Å². The van der Waals surface area contributed by atoms with Crippen LogP contribution in [0.15, 0.2) is 24.3 Å². The average molecular weight is 274 g/mol. The zero-order valence-electron chi connectivity index (χ0n) is 12.6. The van der Waals surface area contributed by atoms with Gasteiger partial charge in [0.15, 0.2) is 0 Å². The molecule has 0 spiro atoms. The van der Waals surface area contributed by atoms with Gasteiger partial charge in [0, 0.05) is 37.3 Å². The molecule has 0 aliphatic carbocycles. The van der Waals surface area contributed by atoms with Crippen LogP contribution in [0, 0.1) is 11.8 Å². The minimum atomic E-state index is 0.590. The maximum absolute atomic E-state index is 5.70. The summed E-state index contributed by atoms with van der Waals surface area (Å²) in [4.78, 5) is 2.58. The van der Waals surface area contributed by atoms with Gasteiger partial charge in [-0.3, -0.25) is 0 Å². The molecule has 0 aromatic heterocycles. The Labute approximate surface area is 122 Å². The Hall–Kier alpha value is -1.06. The number of ether oxygens (including phenoxy) is 1. The predicted molar refractivity (Wildman–Crippen MR) is 83.3 cm³/mol. The highest BCUT2D eigenvalue weighted by atomic mass is 16.5. The molecule has 2 heterocycles. The van der Waals surface area contributed by atoms with Crippen LogP contribution in [0.4, 0.5) is 5.69 Å². The lowest BCUT2D eigenvalue weighted by molar-refractivity contribution is 0.0364. The molecule has 1 fully saturated rings. The molecule has 110 valence electrons. The molecule has 1 N–H and O–H groups in total. The van der Waals surface area contributed by atoms with Gasteiger partial charge in [-0.1, -0.05) is 25.1 Å². The second kappa shape index (κ2) is 6.15. The number of para-hydroxylation sites is 1. The molecule has 0 bridgehead atoms. The second-order valence-corrected chi connectivity index (χ2v) is 6.36. The fraction of sp³-hybridized carbons (Fsp3) is 0.647. The van der Waals surface area contributed by atoms with E-state index in [2.05, 4.69) is 48.5 Å². The number of anilines is 1. The van der Waals surface area contributed by atoms with Gasteiger partial charge < -0.3 is 15.0 Å². The van der Waals surface area contributed by atoms with E-state index in [1.807, 2.05) is 0 Å². The van der Waals surface area contributed by atoms with Crippen molar-refractivity contribution in [1.29, 1.82) is 0 Å². The van der Waals surface area contributed by atoms with Crippen LogP contribution in [-0.4, -0.2) is 39.4 Å². The first-order valence-electron chi connectivity index (χ1n) is 7.85. The summed E-state index contributed by atoms with van der Waals surface area (Å²) in [5, 5.41) is 3.47. The molecule has 3 nitrogen and oxygen atoms in total. The Morgan fingerprint density at radius 2 is 2.20 bits per heavy atom. The van der Waals surface area contributed by atoms with E-state index in [1.165, 1.54) is 24.2 Å². The van der Waals surface area contributed by atoms with Gasteiger partial charge >= 0.3 is 0 Å².